The van der Waals surface area contributed by atoms with E-state index in [4.69, 9.17) is 0 Å². The molecule has 0 aromatic carbocycles. The minimum atomic E-state index is 0.612. The van der Waals surface area contributed by atoms with Crippen molar-refractivity contribution < 1.29 is 0 Å². The van der Waals surface area contributed by atoms with Crippen LogP contribution in [0.15, 0.2) is 0 Å². The van der Waals surface area contributed by atoms with Gasteiger partial charge in [-0.1, -0.05) is 6.92 Å². The molecule has 0 aromatic heterocycles. The van der Waals surface area contributed by atoms with E-state index in [1.54, 1.807) is 0 Å². The fourth-order valence-corrected chi connectivity index (χ4v) is 2.46. The normalized spacial score (nSPS) is 27.6. The van der Waals surface area contributed by atoms with E-state index in [1.807, 2.05) is 0 Å². The number of nitrogens with zero attached hydrogens (tertiary/aromatic N) is 2. The van der Waals surface area contributed by atoms with Gasteiger partial charge in [0.25, 0.3) is 0 Å². The van der Waals surface area contributed by atoms with Gasteiger partial charge in [0.2, 0.25) is 0 Å². The van der Waals surface area contributed by atoms with Crippen molar-refractivity contribution in [3.8, 4) is 0 Å². The molecule has 1 N–H and O–H groups in total. The van der Waals surface area contributed by atoms with E-state index in [-0.39, 0.29) is 0 Å². The van der Waals surface area contributed by atoms with Crippen LogP contribution < -0.4 is 5.32 Å². The lowest BCUT2D eigenvalue weighted by atomic mass is 10.2. The second kappa shape index (κ2) is 6.46. The van der Waals surface area contributed by atoms with Crippen molar-refractivity contribution >= 4 is 0 Å². The van der Waals surface area contributed by atoms with Crippen molar-refractivity contribution in [2.75, 3.05) is 39.8 Å². The Morgan fingerprint density at radius 3 is 2.80 bits per heavy atom. The standard InChI is InChI=1S/C12H27N3/c1-5-13-11(2)9-15-8-6-7-14(4)10-12(15)3/h11-13H,5-10H2,1-4H3. The van der Waals surface area contributed by atoms with Crippen LogP contribution in [-0.4, -0.2) is 61.7 Å². The van der Waals surface area contributed by atoms with E-state index < -0.39 is 0 Å². The highest BCUT2D eigenvalue weighted by Gasteiger charge is 2.20. The molecule has 1 heterocycles. The van der Waals surface area contributed by atoms with Gasteiger partial charge in [-0.15, -0.1) is 0 Å². The van der Waals surface area contributed by atoms with Gasteiger partial charge in [0, 0.05) is 25.2 Å². The van der Waals surface area contributed by atoms with E-state index in [9.17, 15) is 0 Å². The van der Waals surface area contributed by atoms with Crippen molar-refractivity contribution in [3.63, 3.8) is 0 Å². The summed E-state index contributed by atoms with van der Waals surface area (Å²) in [5.41, 5.74) is 0. The van der Waals surface area contributed by atoms with Gasteiger partial charge < -0.3 is 10.2 Å². The summed E-state index contributed by atoms with van der Waals surface area (Å²) in [5.74, 6) is 0. The molecule has 15 heavy (non-hydrogen) atoms. The van der Waals surface area contributed by atoms with Gasteiger partial charge in [-0.3, -0.25) is 4.90 Å². The number of hydrogen-bond acceptors (Lipinski definition) is 3. The van der Waals surface area contributed by atoms with Crippen LogP contribution in [0.2, 0.25) is 0 Å². The highest BCUT2D eigenvalue weighted by Crippen LogP contribution is 2.08. The third-order valence-electron chi connectivity index (χ3n) is 3.25. The third kappa shape index (κ3) is 4.49. The lowest BCUT2D eigenvalue weighted by Crippen LogP contribution is -2.45. The summed E-state index contributed by atoms with van der Waals surface area (Å²) in [5, 5.41) is 3.49. The monoisotopic (exact) mass is 213 g/mol. The number of likely N-dealkylation sites (N-methyl/N-ethyl adjacent to an activating group) is 2. The Morgan fingerprint density at radius 1 is 1.40 bits per heavy atom. The maximum Gasteiger partial charge on any atom is 0.0195 e. The first-order chi connectivity index (χ1) is 7.13. The molecule has 1 saturated heterocycles. The quantitative estimate of drug-likeness (QED) is 0.752. The third-order valence-corrected chi connectivity index (χ3v) is 3.25. The van der Waals surface area contributed by atoms with Gasteiger partial charge in [0.05, 0.1) is 0 Å². The van der Waals surface area contributed by atoms with Crippen LogP contribution in [0.5, 0.6) is 0 Å². The summed E-state index contributed by atoms with van der Waals surface area (Å²) in [6.45, 7) is 12.8. The fraction of sp³-hybridized carbons (Fsp3) is 1.00. The van der Waals surface area contributed by atoms with Gasteiger partial charge in [-0.25, -0.2) is 0 Å². The molecule has 1 aliphatic heterocycles. The Hall–Kier alpha value is -0.120. The molecule has 3 heteroatoms. The molecule has 2 unspecified atom stereocenters. The molecule has 2 atom stereocenters. The van der Waals surface area contributed by atoms with Crippen molar-refractivity contribution in [1.29, 1.82) is 0 Å². The topological polar surface area (TPSA) is 18.5 Å². The molecule has 90 valence electrons. The molecule has 1 aliphatic rings. The summed E-state index contributed by atoms with van der Waals surface area (Å²) in [6, 6.07) is 1.31. The maximum atomic E-state index is 3.49. The lowest BCUT2D eigenvalue weighted by molar-refractivity contribution is 0.186. The summed E-state index contributed by atoms with van der Waals surface area (Å²) < 4.78 is 0. The Labute approximate surface area is 94.8 Å². The van der Waals surface area contributed by atoms with Crippen molar-refractivity contribution in [2.45, 2.75) is 39.3 Å². The van der Waals surface area contributed by atoms with E-state index in [0.717, 1.165) is 6.54 Å². The zero-order valence-corrected chi connectivity index (χ0v) is 10.8. The Bertz CT molecular complexity index is 172. The number of hydrogen-bond donors (Lipinski definition) is 1. The van der Waals surface area contributed by atoms with Crippen molar-refractivity contribution in [1.82, 2.24) is 15.1 Å². The zero-order chi connectivity index (χ0) is 11.3. The molecule has 0 amide bonds. The summed E-state index contributed by atoms with van der Waals surface area (Å²) in [4.78, 5) is 5.07. The highest BCUT2D eigenvalue weighted by molar-refractivity contribution is 4.78. The predicted octanol–water partition coefficient (Wildman–Crippen LogP) is 1.01. The molecule has 0 aromatic rings. The smallest absolute Gasteiger partial charge is 0.0195 e. The number of rotatable bonds is 4. The van der Waals surface area contributed by atoms with E-state index in [1.165, 1.54) is 32.6 Å². The predicted molar refractivity (Wildman–Crippen MR) is 66.3 cm³/mol. The Kier molecular flexibility index (Phi) is 5.58. The van der Waals surface area contributed by atoms with Gasteiger partial charge in [0.1, 0.15) is 0 Å². The molecule has 3 nitrogen and oxygen atoms in total. The highest BCUT2D eigenvalue weighted by atomic mass is 15.2. The first-order valence-electron chi connectivity index (χ1n) is 6.29. The van der Waals surface area contributed by atoms with Gasteiger partial charge >= 0.3 is 0 Å². The van der Waals surface area contributed by atoms with E-state index >= 15 is 0 Å². The molecule has 0 aliphatic carbocycles. The average Bonchev–Trinajstić information content (AvgIpc) is 2.29. The fourth-order valence-electron chi connectivity index (χ4n) is 2.46. The summed E-state index contributed by atoms with van der Waals surface area (Å²) in [7, 11) is 2.23. The van der Waals surface area contributed by atoms with Crippen LogP contribution in [0, 0.1) is 0 Å². The SMILES string of the molecule is CCNC(C)CN1CCCN(C)CC1C. The van der Waals surface area contributed by atoms with Gasteiger partial charge in [-0.2, -0.15) is 0 Å². The maximum absolute atomic E-state index is 3.49. The first-order valence-corrected chi connectivity index (χ1v) is 6.29. The van der Waals surface area contributed by atoms with Crippen LogP contribution in [0.4, 0.5) is 0 Å². The molecule has 1 fully saturated rings. The van der Waals surface area contributed by atoms with Crippen LogP contribution >= 0.6 is 0 Å². The van der Waals surface area contributed by atoms with E-state index in [0.29, 0.717) is 12.1 Å². The Morgan fingerprint density at radius 2 is 2.13 bits per heavy atom. The zero-order valence-electron chi connectivity index (χ0n) is 10.8. The molecule has 0 saturated carbocycles. The van der Waals surface area contributed by atoms with Crippen molar-refractivity contribution in [2.24, 2.45) is 0 Å². The van der Waals surface area contributed by atoms with Crippen LogP contribution in [0.3, 0.4) is 0 Å². The first kappa shape index (κ1) is 12.9. The van der Waals surface area contributed by atoms with Gasteiger partial charge in [-0.05, 0) is 47.0 Å². The lowest BCUT2D eigenvalue weighted by Gasteiger charge is -2.30. The molecule has 0 radical (unpaired) electrons. The van der Waals surface area contributed by atoms with Crippen LogP contribution in [0.25, 0.3) is 0 Å². The molecular formula is C12H27N3. The number of nitrogens with one attached hydrogen (secondary N) is 1. The minimum Gasteiger partial charge on any atom is -0.313 e. The van der Waals surface area contributed by atoms with E-state index in [2.05, 4.69) is 42.9 Å². The second-order valence-electron chi connectivity index (χ2n) is 4.92. The van der Waals surface area contributed by atoms with Crippen LogP contribution in [0.1, 0.15) is 27.2 Å². The molecule has 0 spiro atoms. The average molecular weight is 213 g/mol. The molecule has 1 rings (SSSR count). The molecular weight excluding hydrogens is 186 g/mol. The molecule has 0 bridgehead atoms. The Balaban J connectivity index is 2.38. The second-order valence-corrected chi connectivity index (χ2v) is 4.92. The van der Waals surface area contributed by atoms with Crippen molar-refractivity contribution in [3.05, 3.63) is 0 Å². The largest absolute Gasteiger partial charge is 0.313 e. The van der Waals surface area contributed by atoms with Crippen LogP contribution in [-0.2, 0) is 0 Å². The minimum absolute atomic E-state index is 0.612. The summed E-state index contributed by atoms with van der Waals surface area (Å²) >= 11 is 0. The summed E-state index contributed by atoms with van der Waals surface area (Å²) in [6.07, 6.45) is 1.31. The van der Waals surface area contributed by atoms with Gasteiger partial charge in [0.15, 0.2) is 0 Å².